The number of carbonyl (C=O) groups excluding carboxylic acids is 1. The number of ether oxygens (including phenoxy) is 1. The average molecular weight is 533 g/mol. The summed E-state index contributed by atoms with van der Waals surface area (Å²) < 4.78 is 7.82. The molecule has 1 aromatic heterocycles. The number of benzene rings is 3. The fraction of sp³-hybridized carbons (Fsp3) is 0.185. The number of nitrogens with one attached hydrogen (secondary N) is 1. The number of nitrogens with zero attached hydrogens (tertiary/aromatic N) is 3. The first-order valence-corrected chi connectivity index (χ1v) is 12.2. The molecule has 3 aromatic carbocycles. The van der Waals surface area contributed by atoms with E-state index in [1.165, 1.54) is 4.68 Å². The highest BCUT2D eigenvalue weighted by Crippen LogP contribution is 2.17. The Kier molecular flexibility index (Phi) is 8.05. The molecule has 0 bridgehead atoms. The van der Waals surface area contributed by atoms with Crippen LogP contribution in [0.5, 0.6) is 5.75 Å². The van der Waals surface area contributed by atoms with Gasteiger partial charge in [0.05, 0.1) is 17.1 Å². The summed E-state index contributed by atoms with van der Waals surface area (Å²) in [6.07, 6.45) is 4.13. The fourth-order valence-electron chi connectivity index (χ4n) is 3.49. The molecule has 178 valence electrons. The standard InChI is InChI=1S/C27H25BrN4O3/c1-2-3-12-25-31-24-14-13-20(28)16-23(24)27(34)32(25)29-17-19-8-7-11-22(15-19)35-18-26(33)30-21-9-5-4-6-10-21/h4-11,13-17H,2-3,12,18H2,1H3,(H,30,33). The Labute approximate surface area is 211 Å². The molecular weight excluding hydrogens is 508 g/mol. The van der Waals surface area contributed by atoms with E-state index in [2.05, 4.69) is 38.3 Å². The number of aryl methyl sites for hydroxylation is 1. The second-order valence-corrected chi connectivity index (χ2v) is 8.85. The van der Waals surface area contributed by atoms with E-state index in [-0.39, 0.29) is 18.1 Å². The number of para-hydroxylation sites is 1. The molecule has 1 heterocycles. The Bertz CT molecular complexity index is 1420. The largest absolute Gasteiger partial charge is 0.484 e. The van der Waals surface area contributed by atoms with Gasteiger partial charge in [0.1, 0.15) is 11.6 Å². The van der Waals surface area contributed by atoms with Crippen LogP contribution in [0.3, 0.4) is 0 Å². The summed E-state index contributed by atoms with van der Waals surface area (Å²) in [6.45, 7) is 1.97. The van der Waals surface area contributed by atoms with Gasteiger partial charge in [-0.3, -0.25) is 9.59 Å². The second kappa shape index (κ2) is 11.6. The van der Waals surface area contributed by atoms with Crippen molar-refractivity contribution in [3.63, 3.8) is 0 Å². The number of rotatable bonds is 9. The molecule has 4 rings (SSSR count). The predicted molar refractivity (Wildman–Crippen MR) is 142 cm³/mol. The molecule has 35 heavy (non-hydrogen) atoms. The zero-order valence-corrected chi connectivity index (χ0v) is 20.9. The van der Waals surface area contributed by atoms with Crippen LogP contribution in [0.25, 0.3) is 10.9 Å². The van der Waals surface area contributed by atoms with Gasteiger partial charge in [0.2, 0.25) is 0 Å². The first-order chi connectivity index (χ1) is 17.0. The molecule has 0 aliphatic rings. The van der Waals surface area contributed by atoms with Crippen LogP contribution in [0.15, 0.2) is 87.2 Å². The topological polar surface area (TPSA) is 85.6 Å². The zero-order valence-electron chi connectivity index (χ0n) is 19.3. The van der Waals surface area contributed by atoms with E-state index < -0.39 is 0 Å². The van der Waals surface area contributed by atoms with Gasteiger partial charge >= 0.3 is 0 Å². The third-order valence-electron chi connectivity index (χ3n) is 5.24. The van der Waals surface area contributed by atoms with Crippen molar-refractivity contribution >= 4 is 44.6 Å². The second-order valence-electron chi connectivity index (χ2n) is 7.93. The first-order valence-electron chi connectivity index (χ1n) is 11.4. The minimum absolute atomic E-state index is 0.125. The highest BCUT2D eigenvalue weighted by molar-refractivity contribution is 9.10. The maximum atomic E-state index is 13.2. The van der Waals surface area contributed by atoms with E-state index in [1.807, 2.05) is 54.6 Å². The molecule has 0 unspecified atom stereocenters. The smallest absolute Gasteiger partial charge is 0.282 e. The molecule has 0 spiro atoms. The SMILES string of the molecule is CCCCc1nc2ccc(Br)cc2c(=O)n1N=Cc1cccc(OCC(=O)Nc2ccccc2)c1. The van der Waals surface area contributed by atoms with Crippen LogP contribution in [0.4, 0.5) is 5.69 Å². The fourth-order valence-corrected chi connectivity index (χ4v) is 3.85. The lowest BCUT2D eigenvalue weighted by Gasteiger charge is -2.10. The number of unbranched alkanes of at least 4 members (excludes halogenated alkanes) is 1. The van der Waals surface area contributed by atoms with Crippen LogP contribution in [-0.2, 0) is 11.2 Å². The highest BCUT2D eigenvalue weighted by atomic mass is 79.9. The van der Waals surface area contributed by atoms with Gasteiger partial charge in [0.25, 0.3) is 11.5 Å². The van der Waals surface area contributed by atoms with E-state index in [1.54, 1.807) is 24.4 Å². The van der Waals surface area contributed by atoms with Crippen molar-refractivity contribution in [1.29, 1.82) is 0 Å². The number of aromatic nitrogens is 2. The van der Waals surface area contributed by atoms with Crippen molar-refractivity contribution in [1.82, 2.24) is 9.66 Å². The lowest BCUT2D eigenvalue weighted by molar-refractivity contribution is -0.118. The summed E-state index contributed by atoms with van der Waals surface area (Å²) in [6, 6.07) is 21.9. The van der Waals surface area contributed by atoms with Gasteiger partial charge in [-0.05, 0) is 54.4 Å². The van der Waals surface area contributed by atoms with Gasteiger partial charge in [0, 0.05) is 16.6 Å². The van der Waals surface area contributed by atoms with Crippen molar-refractivity contribution in [3.8, 4) is 5.75 Å². The van der Waals surface area contributed by atoms with Crippen LogP contribution in [-0.4, -0.2) is 28.4 Å². The average Bonchev–Trinajstić information content (AvgIpc) is 2.87. The summed E-state index contributed by atoms with van der Waals surface area (Å²) in [5, 5.41) is 7.75. The van der Waals surface area contributed by atoms with E-state index in [0.717, 1.165) is 22.9 Å². The van der Waals surface area contributed by atoms with Crippen LogP contribution in [0.2, 0.25) is 0 Å². The van der Waals surface area contributed by atoms with E-state index in [4.69, 9.17) is 4.74 Å². The number of hydrogen-bond acceptors (Lipinski definition) is 5. The summed E-state index contributed by atoms with van der Waals surface area (Å²) in [5.74, 6) is 0.889. The van der Waals surface area contributed by atoms with Gasteiger partial charge in [-0.2, -0.15) is 9.78 Å². The third kappa shape index (κ3) is 6.42. The Balaban J connectivity index is 1.53. The van der Waals surface area contributed by atoms with E-state index in [9.17, 15) is 9.59 Å². The maximum Gasteiger partial charge on any atom is 0.282 e. The molecule has 0 atom stereocenters. The Morgan fingerprint density at radius 2 is 1.94 bits per heavy atom. The van der Waals surface area contributed by atoms with Gasteiger partial charge in [-0.1, -0.05) is 59.6 Å². The van der Waals surface area contributed by atoms with Crippen LogP contribution in [0, 0.1) is 0 Å². The number of hydrogen-bond donors (Lipinski definition) is 1. The van der Waals surface area contributed by atoms with Crippen molar-refractivity contribution in [3.05, 3.63) is 99.0 Å². The van der Waals surface area contributed by atoms with Crippen molar-refractivity contribution < 1.29 is 9.53 Å². The van der Waals surface area contributed by atoms with Crippen LogP contribution in [0.1, 0.15) is 31.2 Å². The molecule has 1 N–H and O–H groups in total. The first kappa shape index (κ1) is 24.3. The number of anilines is 1. The third-order valence-corrected chi connectivity index (χ3v) is 5.73. The van der Waals surface area contributed by atoms with Gasteiger partial charge in [0.15, 0.2) is 6.61 Å². The number of halogens is 1. The van der Waals surface area contributed by atoms with Gasteiger partial charge in [-0.15, -0.1) is 0 Å². The van der Waals surface area contributed by atoms with Crippen molar-refractivity contribution in [2.75, 3.05) is 11.9 Å². The molecular formula is C27H25BrN4O3. The molecule has 0 aliphatic carbocycles. The van der Waals surface area contributed by atoms with Crippen molar-refractivity contribution in [2.45, 2.75) is 26.2 Å². The Morgan fingerprint density at radius 3 is 2.74 bits per heavy atom. The molecule has 8 heteroatoms. The quantitative estimate of drug-likeness (QED) is 0.292. The number of amides is 1. The van der Waals surface area contributed by atoms with Crippen LogP contribution >= 0.6 is 15.9 Å². The molecule has 0 radical (unpaired) electrons. The Hall–Kier alpha value is -3.78. The molecule has 0 saturated heterocycles. The summed E-state index contributed by atoms with van der Waals surface area (Å²) in [4.78, 5) is 30.0. The molecule has 0 fully saturated rings. The van der Waals surface area contributed by atoms with Gasteiger partial charge in [-0.25, -0.2) is 4.98 Å². The van der Waals surface area contributed by atoms with Crippen LogP contribution < -0.4 is 15.6 Å². The lowest BCUT2D eigenvalue weighted by atomic mass is 10.2. The summed E-state index contributed by atoms with van der Waals surface area (Å²) in [7, 11) is 0. The normalized spacial score (nSPS) is 11.1. The zero-order chi connectivity index (χ0) is 24.6. The minimum Gasteiger partial charge on any atom is -0.484 e. The molecule has 1 amide bonds. The van der Waals surface area contributed by atoms with E-state index in [0.29, 0.717) is 34.6 Å². The minimum atomic E-state index is -0.254. The maximum absolute atomic E-state index is 13.2. The molecule has 4 aromatic rings. The van der Waals surface area contributed by atoms with Crippen molar-refractivity contribution in [2.24, 2.45) is 5.10 Å². The predicted octanol–water partition coefficient (Wildman–Crippen LogP) is 5.40. The monoisotopic (exact) mass is 532 g/mol. The number of fused-ring (bicyclic) bond motifs is 1. The van der Waals surface area contributed by atoms with Gasteiger partial charge < -0.3 is 10.1 Å². The lowest BCUT2D eigenvalue weighted by Crippen LogP contribution is -2.22. The summed E-state index contributed by atoms with van der Waals surface area (Å²) >= 11 is 3.42. The highest BCUT2D eigenvalue weighted by Gasteiger charge is 2.11. The van der Waals surface area contributed by atoms with E-state index >= 15 is 0 Å². The number of carbonyl (C=O) groups is 1. The summed E-state index contributed by atoms with van der Waals surface area (Å²) in [5.41, 5.74) is 1.87. The molecule has 7 nitrogen and oxygen atoms in total. The Morgan fingerprint density at radius 1 is 1.11 bits per heavy atom. The molecule has 0 aliphatic heterocycles. The molecule has 0 saturated carbocycles.